The third kappa shape index (κ3) is 3.74. The maximum atomic E-state index is 11.7. The SMILES string of the molecule is CCOC(=O)c1c(N)cccc1CS(C)(=O)=O. The van der Waals surface area contributed by atoms with Crippen LogP contribution in [-0.2, 0) is 20.3 Å². The van der Waals surface area contributed by atoms with Gasteiger partial charge in [0.15, 0.2) is 9.84 Å². The molecule has 0 atom stereocenters. The fourth-order valence-electron chi connectivity index (χ4n) is 1.47. The number of anilines is 1. The van der Waals surface area contributed by atoms with Gasteiger partial charge in [0.1, 0.15) is 0 Å². The Kier molecular flexibility index (Phi) is 4.11. The van der Waals surface area contributed by atoms with Crippen LogP contribution in [0.15, 0.2) is 18.2 Å². The summed E-state index contributed by atoms with van der Waals surface area (Å²) in [5.74, 6) is -0.823. The molecule has 0 fully saturated rings. The third-order valence-electron chi connectivity index (χ3n) is 2.08. The molecule has 0 aliphatic rings. The molecule has 1 aromatic rings. The van der Waals surface area contributed by atoms with Gasteiger partial charge in [-0.3, -0.25) is 0 Å². The summed E-state index contributed by atoms with van der Waals surface area (Å²) in [5.41, 5.74) is 6.41. The highest BCUT2D eigenvalue weighted by molar-refractivity contribution is 7.89. The Morgan fingerprint density at radius 3 is 2.59 bits per heavy atom. The second kappa shape index (κ2) is 5.18. The Labute approximate surface area is 100 Å². The Bertz CT molecular complexity index is 522. The first-order valence-corrected chi connectivity index (χ1v) is 7.13. The zero-order chi connectivity index (χ0) is 13.1. The lowest BCUT2D eigenvalue weighted by Gasteiger charge is -2.10. The van der Waals surface area contributed by atoms with E-state index in [4.69, 9.17) is 10.5 Å². The Morgan fingerprint density at radius 2 is 2.06 bits per heavy atom. The lowest BCUT2D eigenvalue weighted by atomic mass is 10.1. The van der Waals surface area contributed by atoms with Crippen LogP contribution in [0.2, 0.25) is 0 Å². The van der Waals surface area contributed by atoms with E-state index in [9.17, 15) is 13.2 Å². The lowest BCUT2D eigenvalue weighted by Crippen LogP contribution is -2.13. The molecule has 6 heteroatoms. The molecular formula is C11H15NO4S. The van der Waals surface area contributed by atoms with Crippen molar-refractivity contribution in [2.75, 3.05) is 18.6 Å². The molecular weight excluding hydrogens is 242 g/mol. The van der Waals surface area contributed by atoms with Gasteiger partial charge in [-0.25, -0.2) is 13.2 Å². The second-order valence-corrected chi connectivity index (χ2v) is 5.81. The molecule has 0 bridgehead atoms. The van der Waals surface area contributed by atoms with Crippen LogP contribution in [0.3, 0.4) is 0 Å². The van der Waals surface area contributed by atoms with Crippen LogP contribution in [0, 0.1) is 0 Å². The van der Waals surface area contributed by atoms with Crippen molar-refractivity contribution in [2.24, 2.45) is 0 Å². The second-order valence-electron chi connectivity index (χ2n) is 3.67. The van der Waals surface area contributed by atoms with Crippen LogP contribution in [0.25, 0.3) is 0 Å². The van der Waals surface area contributed by atoms with Gasteiger partial charge in [-0.05, 0) is 18.6 Å². The number of rotatable bonds is 4. The molecule has 0 radical (unpaired) electrons. The van der Waals surface area contributed by atoms with Gasteiger partial charge in [-0.15, -0.1) is 0 Å². The Morgan fingerprint density at radius 1 is 1.41 bits per heavy atom. The monoisotopic (exact) mass is 257 g/mol. The molecule has 0 unspecified atom stereocenters. The van der Waals surface area contributed by atoms with Crippen molar-refractivity contribution >= 4 is 21.5 Å². The highest BCUT2D eigenvalue weighted by atomic mass is 32.2. The molecule has 0 aromatic heterocycles. The summed E-state index contributed by atoms with van der Waals surface area (Å²) in [6.45, 7) is 1.89. The largest absolute Gasteiger partial charge is 0.462 e. The Hall–Kier alpha value is -1.56. The normalized spacial score (nSPS) is 11.2. The zero-order valence-electron chi connectivity index (χ0n) is 9.76. The smallest absolute Gasteiger partial charge is 0.340 e. The first kappa shape index (κ1) is 13.5. The molecule has 1 rings (SSSR count). The van der Waals surface area contributed by atoms with Crippen molar-refractivity contribution in [3.8, 4) is 0 Å². The summed E-state index contributed by atoms with van der Waals surface area (Å²) in [6.07, 6.45) is 1.10. The molecule has 0 amide bonds. The molecule has 0 aliphatic carbocycles. The fourth-order valence-corrected chi connectivity index (χ4v) is 2.28. The first-order chi connectivity index (χ1) is 7.85. The number of hydrogen-bond donors (Lipinski definition) is 1. The number of sulfone groups is 1. The van der Waals surface area contributed by atoms with Gasteiger partial charge in [-0.2, -0.15) is 0 Å². The van der Waals surface area contributed by atoms with Gasteiger partial charge in [-0.1, -0.05) is 12.1 Å². The predicted octanol–water partition coefficient (Wildman–Crippen LogP) is 0.990. The fraction of sp³-hybridized carbons (Fsp3) is 0.364. The molecule has 5 nitrogen and oxygen atoms in total. The summed E-state index contributed by atoms with van der Waals surface area (Å²) in [7, 11) is -3.23. The number of esters is 1. The van der Waals surface area contributed by atoms with Crippen LogP contribution in [0.1, 0.15) is 22.8 Å². The summed E-state index contributed by atoms with van der Waals surface area (Å²) >= 11 is 0. The highest BCUT2D eigenvalue weighted by Gasteiger charge is 2.18. The van der Waals surface area contributed by atoms with Crippen molar-refractivity contribution < 1.29 is 17.9 Å². The lowest BCUT2D eigenvalue weighted by molar-refractivity contribution is 0.0526. The van der Waals surface area contributed by atoms with Gasteiger partial charge in [0.2, 0.25) is 0 Å². The van der Waals surface area contributed by atoms with E-state index in [1.54, 1.807) is 19.1 Å². The molecule has 0 saturated carbocycles. The number of hydrogen-bond acceptors (Lipinski definition) is 5. The van der Waals surface area contributed by atoms with Crippen LogP contribution in [0.4, 0.5) is 5.69 Å². The van der Waals surface area contributed by atoms with E-state index in [1.807, 2.05) is 0 Å². The van der Waals surface area contributed by atoms with Crippen molar-refractivity contribution in [2.45, 2.75) is 12.7 Å². The number of carbonyl (C=O) groups excluding carboxylic acids is 1. The number of nitrogens with two attached hydrogens (primary N) is 1. The van der Waals surface area contributed by atoms with E-state index < -0.39 is 15.8 Å². The minimum Gasteiger partial charge on any atom is -0.462 e. The quantitative estimate of drug-likeness (QED) is 0.642. The maximum Gasteiger partial charge on any atom is 0.340 e. The molecule has 1 aromatic carbocycles. The van der Waals surface area contributed by atoms with Gasteiger partial charge < -0.3 is 10.5 Å². The number of ether oxygens (including phenoxy) is 1. The van der Waals surface area contributed by atoms with Gasteiger partial charge in [0, 0.05) is 11.9 Å². The van der Waals surface area contributed by atoms with E-state index >= 15 is 0 Å². The van der Waals surface area contributed by atoms with Crippen molar-refractivity contribution in [3.05, 3.63) is 29.3 Å². The highest BCUT2D eigenvalue weighted by Crippen LogP contribution is 2.20. The van der Waals surface area contributed by atoms with Crippen LogP contribution in [-0.4, -0.2) is 27.2 Å². The van der Waals surface area contributed by atoms with Gasteiger partial charge >= 0.3 is 5.97 Å². The van der Waals surface area contributed by atoms with Crippen molar-refractivity contribution in [1.82, 2.24) is 0 Å². The van der Waals surface area contributed by atoms with Crippen LogP contribution >= 0.6 is 0 Å². The van der Waals surface area contributed by atoms with Crippen molar-refractivity contribution in [1.29, 1.82) is 0 Å². The summed E-state index contributed by atoms with van der Waals surface area (Å²) in [5, 5.41) is 0. The minimum absolute atomic E-state index is 0.139. The molecule has 0 spiro atoms. The molecule has 0 saturated heterocycles. The third-order valence-corrected chi connectivity index (χ3v) is 2.92. The van der Waals surface area contributed by atoms with E-state index in [-0.39, 0.29) is 23.6 Å². The molecule has 0 heterocycles. The van der Waals surface area contributed by atoms with Gasteiger partial charge in [0.25, 0.3) is 0 Å². The molecule has 2 N–H and O–H groups in total. The van der Waals surface area contributed by atoms with Gasteiger partial charge in [0.05, 0.1) is 17.9 Å². The summed E-state index contributed by atoms with van der Waals surface area (Å²) < 4.78 is 27.4. The van der Waals surface area contributed by atoms with E-state index in [0.29, 0.717) is 5.56 Å². The van der Waals surface area contributed by atoms with Crippen LogP contribution in [0.5, 0.6) is 0 Å². The molecule has 17 heavy (non-hydrogen) atoms. The summed E-state index contributed by atoms with van der Waals surface area (Å²) in [6, 6.07) is 4.71. The Balaban J connectivity index is 3.22. The zero-order valence-corrected chi connectivity index (χ0v) is 10.6. The number of nitrogen functional groups attached to an aromatic ring is 1. The molecule has 0 aliphatic heterocycles. The minimum atomic E-state index is -3.23. The van der Waals surface area contributed by atoms with Crippen LogP contribution < -0.4 is 5.73 Å². The average molecular weight is 257 g/mol. The number of carbonyl (C=O) groups is 1. The number of benzene rings is 1. The van der Waals surface area contributed by atoms with E-state index in [1.165, 1.54) is 6.07 Å². The molecule has 94 valence electrons. The topological polar surface area (TPSA) is 86.5 Å². The maximum absolute atomic E-state index is 11.7. The van der Waals surface area contributed by atoms with E-state index in [0.717, 1.165) is 6.26 Å². The van der Waals surface area contributed by atoms with Crippen molar-refractivity contribution in [3.63, 3.8) is 0 Å². The summed E-state index contributed by atoms with van der Waals surface area (Å²) in [4.78, 5) is 11.7. The predicted molar refractivity (Wildman–Crippen MR) is 65.4 cm³/mol. The average Bonchev–Trinajstić information content (AvgIpc) is 2.15. The standard InChI is InChI=1S/C11H15NO4S/c1-3-16-11(13)10-8(7-17(2,14)15)5-4-6-9(10)12/h4-6H,3,7,12H2,1-2H3. The van der Waals surface area contributed by atoms with E-state index in [2.05, 4.69) is 0 Å². The first-order valence-electron chi connectivity index (χ1n) is 5.07.